The molecule has 0 radical (unpaired) electrons. The molecule has 1 amide bonds. The van der Waals surface area contributed by atoms with Gasteiger partial charge in [-0.3, -0.25) is 14.9 Å². The fourth-order valence-corrected chi connectivity index (χ4v) is 3.27. The fraction of sp³-hybridized carbons (Fsp3) is 0.227. The van der Waals surface area contributed by atoms with Crippen LogP contribution in [0.25, 0.3) is 10.8 Å². The molecule has 2 N–H and O–H groups in total. The van der Waals surface area contributed by atoms with E-state index in [-0.39, 0.29) is 17.6 Å². The van der Waals surface area contributed by atoms with Gasteiger partial charge in [-0.25, -0.2) is 0 Å². The van der Waals surface area contributed by atoms with Crippen molar-refractivity contribution in [3.63, 3.8) is 0 Å². The number of hydrogen-bond acceptors (Lipinski definition) is 4. The molecule has 0 bridgehead atoms. The van der Waals surface area contributed by atoms with Crippen LogP contribution in [0.4, 0.5) is 11.4 Å². The zero-order valence-electron chi connectivity index (χ0n) is 15.7. The molecule has 28 heavy (non-hydrogen) atoms. The molecule has 3 aromatic rings. The average Bonchev–Trinajstić information content (AvgIpc) is 2.71. The topological polar surface area (TPSA) is 84.3 Å². The summed E-state index contributed by atoms with van der Waals surface area (Å²) in [5, 5.41) is 19.4. The molecule has 0 fully saturated rings. The summed E-state index contributed by atoms with van der Waals surface area (Å²) < 4.78 is 0. The van der Waals surface area contributed by atoms with Gasteiger partial charge in [0, 0.05) is 19.0 Å². The van der Waals surface area contributed by atoms with Crippen LogP contribution in [0.5, 0.6) is 0 Å². The molecule has 6 heteroatoms. The van der Waals surface area contributed by atoms with Crippen molar-refractivity contribution in [3.8, 4) is 0 Å². The number of rotatable bonds is 8. The summed E-state index contributed by atoms with van der Waals surface area (Å²) >= 11 is 0. The second-order valence-corrected chi connectivity index (χ2v) is 6.66. The van der Waals surface area contributed by atoms with Crippen LogP contribution in [0, 0.1) is 10.1 Å². The summed E-state index contributed by atoms with van der Waals surface area (Å²) in [5.41, 5.74) is 1.60. The van der Waals surface area contributed by atoms with Crippen LogP contribution in [0.3, 0.4) is 0 Å². The van der Waals surface area contributed by atoms with Crippen LogP contribution >= 0.6 is 0 Å². The normalized spacial score (nSPS) is 11.8. The molecule has 1 unspecified atom stereocenters. The Morgan fingerprint density at radius 3 is 2.57 bits per heavy atom. The summed E-state index contributed by atoms with van der Waals surface area (Å²) in [4.78, 5) is 22.9. The van der Waals surface area contributed by atoms with Crippen molar-refractivity contribution < 1.29 is 9.72 Å². The lowest BCUT2D eigenvalue weighted by molar-refractivity contribution is -0.384. The Kier molecular flexibility index (Phi) is 6.22. The third kappa shape index (κ3) is 4.65. The molecule has 1 atom stereocenters. The number of nitrogens with one attached hydrogen (secondary N) is 2. The van der Waals surface area contributed by atoms with E-state index in [9.17, 15) is 14.9 Å². The number of hydrogen-bond donors (Lipinski definition) is 2. The zero-order chi connectivity index (χ0) is 19.9. The van der Waals surface area contributed by atoms with Gasteiger partial charge in [0.1, 0.15) is 5.69 Å². The van der Waals surface area contributed by atoms with E-state index in [1.54, 1.807) is 18.2 Å². The van der Waals surface area contributed by atoms with Crippen molar-refractivity contribution in [2.45, 2.75) is 25.8 Å². The second kappa shape index (κ2) is 8.99. The summed E-state index contributed by atoms with van der Waals surface area (Å²) in [6, 6.07) is 20.6. The highest BCUT2D eigenvalue weighted by Crippen LogP contribution is 2.24. The Morgan fingerprint density at radius 1 is 1.04 bits per heavy atom. The van der Waals surface area contributed by atoms with E-state index in [1.165, 1.54) is 6.07 Å². The van der Waals surface area contributed by atoms with Crippen LogP contribution in [-0.2, 0) is 4.79 Å². The highest BCUT2D eigenvalue weighted by Gasteiger charge is 2.13. The van der Waals surface area contributed by atoms with Gasteiger partial charge in [0.25, 0.3) is 5.69 Å². The first-order valence-electron chi connectivity index (χ1n) is 9.30. The summed E-state index contributed by atoms with van der Waals surface area (Å²) in [5.74, 6) is -0.0372. The molecule has 0 spiro atoms. The Bertz CT molecular complexity index is 982. The molecule has 0 heterocycles. The monoisotopic (exact) mass is 377 g/mol. The lowest BCUT2D eigenvalue weighted by Crippen LogP contribution is -2.27. The number of nitro groups is 1. The minimum atomic E-state index is -0.416. The predicted octanol–water partition coefficient (Wildman–Crippen LogP) is 4.82. The fourth-order valence-electron chi connectivity index (χ4n) is 3.27. The number of para-hydroxylation sites is 2. The summed E-state index contributed by atoms with van der Waals surface area (Å²) in [6.07, 6.45) is 0.933. The van der Waals surface area contributed by atoms with Gasteiger partial charge in [0.15, 0.2) is 0 Å². The first-order valence-corrected chi connectivity index (χ1v) is 9.30. The van der Waals surface area contributed by atoms with Crippen molar-refractivity contribution in [3.05, 3.63) is 82.4 Å². The lowest BCUT2D eigenvalue weighted by Gasteiger charge is -2.17. The lowest BCUT2D eigenvalue weighted by atomic mass is 9.99. The number of amides is 1. The van der Waals surface area contributed by atoms with Crippen molar-refractivity contribution >= 4 is 28.1 Å². The molecular formula is C22H23N3O3. The van der Waals surface area contributed by atoms with Gasteiger partial charge in [0.2, 0.25) is 5.91 Å². The number of carbonyl (C=O) groups is 1. The quantitative estimate of drug-likeness (QED) is 0.335. The molecule has 0 saturated heterocycles. The third-order valence-electron chi connectivity index (χ3n) is 4.66. The number of nitrogens with zero attached hydrogens (tertiary/aromatic N) is 1. The van der Waals surface area contributed by atoms with Crippen molar-refractivity contribution in [2.24, 2.45) is 0 Å². The maximum Gasteiger partial charge on any atom is 0.292 e. The summed E-state index contributed by atoms with van der Waals surface area (Å²) in [7, 11) is 0. The maximum absolute atomic E-state index is 12.3. The number of benzene rings is 3. The van der Waals surface area contributed by atoms with Gasteiger partial charge in [-0.1, -0.05) is 54.6 Å². The summed E-state index contributed by atoms with van der Waals surface area (Å²) in [6.45, 7) is 2.46. The van der Waals surface area contributed by atoms with Gasteiger partial charge in [-0.15, -0.1) is 0 Å². The van der Waals surface area contributed by atoms with Gasteiger partial charge in [-0.05, 0) is 35.7 Å². The van der Waals surface area contributed by atoms with E-state index in [0.717, 1.165) is 16.3 Å². The standard InChI is InChI=1S/C22H23N3O3/c1-16(18-11-6-9-17-8-2-3-10-19(17)18)24-22(26)14-7-15-23-20-12-4-5-13-21(20)25(27)28/h2-6,8-13,16,23H,7,14-15H2,1H3,(H,24,26). The van der Waals surface area contributed by atoms with Crippen molar-refractivity contribution in [2.75, 3.05) is 11.9 Å². The Morgan fingerprint density at radius 2 is 1.75 bits per heavy atom. The molecule has 0 saturated carbocycles. The van der Waals surface area contributed by atoms with Crippen LogP contribution in [-0.4, -0.2) is 17.4 Å². The molecule has 6 nitrogen and oxygen atoms in total. The molecule has 0 aliphatic heterocycles. The van der Waals surface area contributed by atoms with Crippen LogP contribution < -0.4 is 10.6 Å². The average molecular weight is 377 g/mol. The highest BCUT2D eigenvalue weighted by atomic mass is 16.6. The first kappa shape index (κ1) is 19.4. The first-order chi connectivity index (χ1) is 13.6. The number of nitro benzene ring substituents is 1. The molecule has 0 aliphatic carbocycles. The molecule has 0 aromatic heterocycles. The number of fused-ring (bicyclic) bond motifs is 1. The second-order valence-electron chi connectivity index (χ2n) is 6.66. The van der Waals surface area contributed by atoms with E-state index in [0.29, 0.717) is 25.1 Å². The van der Waals surface area contributed by atoms with E-state index in [1.807, 2.05) is 31.2 Å². The Hall–Kier alpha value is -3.41. The smallest absolute Gasteiger partial charge is 0.292 e. The van der Waals surface area contributed by atoms with E-state index in [2.05, 4.69) is 28.8 Å². The highest BCUT2D eigenvalue weighted by molar-refractivity contribution is 5.86. The molecule has 144 valence electrons. The number of carbonyl (C=O) groups excluding carboxylic acids is 1. The van der Waals surface area contributed by atoms with E-state index in [4.69, 9.17) is 0 Å². The third-order valence-corrected chi connectivity index (χ3v) is 4.66. The molecule has 0 aliphatic rings. The number of anilines is 1. The van der Waals surface area contributed by atoms with Gasteiger partial charge in [-0.2, -0.15) is 0 Å². The Labute approximate surface area is 163 Å². The van der Waals surface area contributed by atoms with Crippen LogP contribution in [0.15, 0.2) is 66.7 Å². The largest absolute Gasteiger partial charge is 0.379 e. The van der Waals surface area contributed by atoms with Crippen LogP contribution in [0.2, 0.25) is 0 Å². The predicted molar refractivity (Wildman–Crippen MR) is 111 cm³/mol. The minimum Gasteiger partial charge on any atom is -0.379 e. The molecule has 3 aromatic carbocycles. The maximum atomic E-state index is 12.3. The van der Waals surface area contributed by atoms with Crippen molar-refractivity contribution in [1.82, 2.24) is 5.32 Å². The van der Waals surface area contributed by atoms with Gasteiger partial charge in [0.05, 0.1) is 11.0 Å². The van der Waals surface area contributed by atoms with Gasteiger partial charge >= 0.3 is 0 Å². The molecule has 3 rings (SSSR count). The van der Waals surface area contributed by atoms with Crippen molar-refractivity contribution in [1.29, 1.82) is 0 Å². The minimum absolute atomic E-state index is 0.0372. The van der Waals surface area contributed by atoms with E-state index >= 15 is 0 Å². The zero-order valence-corrected chi connectivity index (χ0v) is 15.7. The molecular weight excluding hydrogens is 354 g/mol. The Balaban J connectivity index is 1.51. The van der Waals surface area contributed by atoms with Crippen LogP contribution in [0.1, 0.15) is 31.4 Å². The van der Waals surface area contributed by atoms with E-state index < -0.39 is 4.92 Å². The SMILES string of the molecule is CC(NC(=O)CCCNc1ccccc1[N+](=O)[O-])c1cccc2ccccc12. The van der Waals surface area contributed by atoms with Gasteiger partial charge < -0.3 is 10.6 Å².